The number of likely N-dealkylation sites (tertiary alicyclic amines) is 1. The highest BCUT2D eigenvalue weighted by Gasteiger charge is 2.18. The fourth-order valence-electron chi connectivity index (χ4n) is 3.83. The summed E-state index contributed by atoms with van der Waals surface area (Å²) in [5.41, 5.74) is 2.18. The first kappa shape index (κ1) is 20.8. The lowest BCUT2D eigenvalue weighted by atomic mass is 10.1. The highest BCUT2D eigenvalue weighted by molar-refractivity contribution is 9.10. The van der Waals surface area contributed by atoms with Crippen molar-refractivity contribution in [3.05, 3.63) is 68.4 Å². The summed E-state index contributed by atoms with van der Waals surface area (Å²) in [6.45, 7) is 3.01. The minimum atomic E-state index is -0.328. The van der Waals surface area contributed by atoms with Gasteiger partial charge in [-0.15, -0.1) is 0 Å². The Bertz CT molecular complexity index is 1120. The quantitative estimate of drug-likeness (QED) is 0.544. The van der Waals surface area contributed by atoms with Gasteiger partial charge in [0.05, 0.1) is 17.4 Å². The number of aromatic nitrogens is 1. The van der Waals surface area contributed by atoms with Crippen LogP contribution in [0.15, 0.2) is 56.7 Å². The smallest absolute Gasteiger partial charge is 0.258 e. The summed E-state index contributed by atoms with van der Waals surface area (Å²) in [5.74, 6) is -0.189. The molecule has 1 fully saturated rings. The third-order valence-corrected chi connectivity index (χ3v) is 6.05. The maximum atomic E-state index is 12.1. The number of nitrogens with zero attached hydrogens (tertiary/aromatic N) is 2. The van der Waals surface area contributed by atoms with Crippen molar-refractivity contribution in [1.82, 2.24) is 9.88 Å². The summed E-state index contributed by atoms with van der Waals surface area (Å²) < 4.78 is 6.26. The number of aromatic amines is 1. The monoisotopic (exact) mass is 469 g/mol. The Balaban J connectivity index is 1.50. The minimum Gasteiger partial charge on any atom is -0.494 e. The average molecular weight is 470 g/mol. The summed E-state index contributed by atoms with van der Waals surface area (Å²) in [4.78, 5) is 21.5. The number of nitrogens with one attached hydrogen (secondary N) is 1. The van der Waals surface area contributed by atoms with Crippen LogP contribution in [-0.2, 0) is 11.3 Å². The molecule has 0 aliphatic carbocycles. The van der Waals surface area contributed by atoms with Crippen LogP contribution in [0.1, 0.15) is 24.0 Å². The van der Waals surface area contributed by atoms with Crippen LogP contribution in [0.5, 0.6) is 5.88 Å². The first-order valence-corrected chi connectivity index (χ1v) is 10.8. The predicted octanol–water partition coefficient (Wildman–Crippen LogP) is 4.36. The molecule has 4 rings (SSSR count). The van der Waals surface area contributed by atoms with Gasteiger partial charge in [-0.25, -0.2) is 0 Å². The van der Waals surface area contributed by atoms with Gasteiger partial charge in [-0.1, -0.05) is 28.1 Å². The molecule has 156 valence electrons. The molecule has 0 saturated carbocycles. The summed E-state index contributed by atoms with van der Waals surface area (Å²) in [5, 5.41) is 11.4. The van der Waals surface area contributed by atoms with E-state index < -0.39 is 0 Å². The number of ether oxygens (including phenoxy) is 1. The number of aromatic hydroxyl groups is 1. The predicted molar refractivity (Wildman–Crippen MR) is 123 cm³/mol. The van der Waals surface area contributed by atoms with Gasteiger partial charge in [0.15, 0.2) is 0 Å². The number of H-pyrrole nitrogens is 1. The Hall–Kier alpha value is -2.48. The number of aliphatic imine (C=N–C) groups is 1. The first-order chi connectivity index (χ1) is 14.5. The SMILES string of the molecule is COC1CCN(Cc2ccc(N=Cc3c(O)[nH]c(=O)c4ccc(Br)cc34)cc2)CC1. The molecule has 1 aliphatic heterocycles. The molecule has 1 saturated heterocycles. The number of hydrogen-bond acceptors (Lipinski definition) is 5. The van der Waals surface area contributed by atoms with Crippen LogP contribution >= 0.6 is 15.9 Å². The van der Waals surface area contributed by atoms with Gasteiger partial charge in [-0.2, -0.15) is 0 Å². The lowest BCUT2D eigenvalue weighted by molar-refractivity contribution is 0.0389. The number of pyridine rings is 1. The van der Waals surface area contributed by atoms with Crippen molar-refractivity contribution >= 4 is 38.6 Å². The van der Waals surface area contributed by atoms with Crippen molar-refractivity contribution in [3.63, 3.8) is 0 Å². The van der Waals surface area contributed by atoms with Crippen molar-refractivity contribution in [3.8, 4) is 5.88 Å². The van der Waals surface area contributed by atoms with Gasteiger partial charge in [-0.05, 0) is 48.7 Å². The molecule has 3 aromatic rings. The third kappa shape index (κ3) is 4.64. The fourth-order valence-corrected chi connectivity index (χ4v) is 4.19. The molecule has 1 aromatic heterocycles. The fraction of sp³-hybridized carbons (Fsp3) is 0.304. The molecule has 1 aliphatic rings. The Labute approximate surface area is 183 Å². The Morgan fingerprint density at radius 3 is 2.63 bits per heavy atom. The average Bonchev–Trinajstić information content (AvgIpc) is 2.75. The van der Waals surface area contributed by atoms with Crippen LogP contribution in [0, 0.1) is 0 Å². The van der Waals surface area contributed by atoms with E-state index in [1.165, 1.54) is 5.56 Å². The van der Waals surface area contributed by atoms with Gasteiger partial charge in [0, 0.05) is 48.2 Å². The summed E-state index contributed by atoms with van der Waals surface area (Å²) in [7, 11) is 1.79. The summed E-state index contributed by atoms with van der Waals surface area (Å²) in [6.07, 6.45) is 4.13. The molecular formula is C23H24BrN3O3. The molecule has 0 bridgehead atoms. The van der Waals surface area contributed by atoms with Gasteiger partial charge < -0.3 is 9.84 Å². The van der Waals surface area contributed by atoms with E-state index in [9.17, 15) is 9.90 Å². The van der Waals surface area contributed by atoms with E-state index in [4.69, 9.17) is 4.74 Å². The zero-order valence-electron chi connectivity index (χ0n) is 16.8. The Morgan fingerprint density at radius 2 is 1.93 bits per heavy atom. The van der Waals surface area contributed by atoms with Crippen molar-refractivity contribution in [2.75, 3.05) is 20.2 Å². The number of hydrogen-bond donors (Lipinski definition) is 2. The number of piperidine rings is 1. The zero-order valence-corrected chi connectivity index (χ0v) is 18.4. The van der Waals surface area contributed by atoms with E-state index in [0.29, 0.717) is 22.4 Å². The molecule has 0 unspecified atom stereocenters. The number of fused-ring (bicyclic) bond motifs is 1. The lowest BCUT2D eigenvalue weighted by Crippen LogP contribution is -2.36. The van der Waals surface area contributed by atoms with Crippen molar-refractivity contribution in [2.45, 2.75) is 25.5 Å². The molecule has 2 heterocycles. The van der Waals surface area contributed by atoms with E-state index in [1.807, 2.05) is 18.2 Å². The third-order valence-electron chi connectivity index (χ3n) is 5.56. The molecule has 6 nitrogen and oxygen atoms in total. The first-order valence-electron chi connectivity index (χ1n) is 9.96. The second-order valence-electron chi connectivity index (χ2n) is 7.54. The molecule has 0 amide bonds. The van der Waals surface area contributed by atoms with Gasteiger partial charge in [0.25, 0.3) is 5.56 Å². The van der Waals surface area contributed by atoms with Crippen LogP contribution in [-0.4, -0.2) is 47.5 Å². The van der Waals surface area contributed by atoms with Gasteiger partial charge in [0.1, 0.15) is 0 Å². The standard InChI is InChI=1S/C23H24BrN3O3/c1-30-18-8-10-27(11-9-18)14-15-2-5-17(6-3-15)25-13-21-20-12-16(24)4-7-19(20)22(28)26-23(21)29/h2-7,12-13,18H,8-11,14H2,1H3,(H2,26,28,29). The Kier molecular flexibility index (Phi) is 6.32. The number of halogens is 1. The van der Waals surface area contributed by atoms with Crippen molar-refractivity contribution in [1.29, 1.82) is 0 Å². The lowest BCUT2D eigenvalue weighted by Gasteiger charge is -2.31. The van der Waals surface area contributed by atoms with Gasteiger partial charge >= 0.3 is 0 Å². The van der Waals surface area contributed by atoms with Crippen LogP contribution < -0.4 is 5.56 Å². The molecule has 2 aromatic carbocycles. The number of benzene rings is 2. The van der Waals surface area contributed by atoms with E-state index in [-0.39, 0.29) is 11.4 Å². The van der Waals surface area contributed by atoms with E-state index in [0.717, 1.165) is 42.6 Å². The highest BCUT2D eigenvalue weighted by atomic mass is 79.9. The van der Waals surface area contributed by atoms with Crippen LogP contribution in [0.2, 0.25) is 0 Å². The normalized spacial score (nSPS) is 15.9. The van der Waals surface area contributed by atoms with Gasteiger partial charge in [0.2, 0.25) is 5.88 Å². The zero-order chi connectivity index (χ0) is 21.1. The maximum Gasteiger partial charge on any atom is 0.258 e. The van der Waals surface area contributed by atoms with Gasteiger partial charge in [-0.3, -0.25) is 19.7 Å². The molecular weight excluding hydrogens is 446 g/mol. The second kappa shape index (κ2) is 9.12. The Morgan fingerprint density at radius 1 is 1.20 bits per heavy atom. The van der Waals surface area contributed by atoms with Crippen molar-refractivity contribution < 1.29 is 9.84 Å². The molecule has 2 N–H and O–H groups in total. The maximum absolute atomic E-state index is 12.1. The van der Waals surface area contributed by atoms with E-state index in [1.54, 1.807) is 25.5 Å². The van der Waals surface area contributed by atoms with Crippen molar-refractivity contribution in [2.24, 2.45) is 4.99 Å². The number of rotatable bonds is 5. The molecule has 0 radical (unpaired) electrons. The molecule has 0 spiro atoms. The van der Waals surface area contributed by atoms with E-state index in [2.05, 4.69) is 42.9 Å². The van der Waals surface area contributed by atoms with Crippen LogP contribution in [0.4, 0.5) is 5.69 Å². The second-order valence-corrected chi connectivity index (χ2v) is 8.46. The molecule has 0 atom stereocenters. The van der Waals surface area contributed by atoms with Crippen LogP contribution in [0.25, 0.3) is 10.8 Å². The number of methoxy groups -OCH3 is 1. The summed E-state index contributed by atoms with van der Waals surface area (Å²) in [6, 6.07) is 13.4. The van der Waals surface area contributed by atoms with Crippen LogP contribution in [0.3, 0.4) is 0 Å². The molecule has 30 heavy (non-hydrogen) atoms. The summed E-state index contributed by atoms with van der Waals surface area (Å²) >= 11 is 3.42. The topological polar surface area (TPSA) is 77.9 Å². The molecule has 7 heteroatoms. The largest absolute Gasteiger partial charge is 0.494 e. The highest BCUT2D eigenvalue weighted by Crippen LogP contribution is 2.25. The van der Waals surface area contributed by atoms with E-state index >= 15 is 0 Å². The minimum absolute atomic E-state index is 0.189.